The minimum absolute atomic E-state index is 1.11. The summed E-state index contributed by atoms with van der Waals surface area (Å²) in [6.07, 6.45) is 0. The average Bonchev–Trinajstić information content (AvgIpc) is 3.18. The first-order valence-corrected chi connectivity index (χ1v) is 16.9. The van der Waals surface area contributed by atoms with Crippen molar-refractivity contribution in [3.05, 3.63) is 200 Å². The summed E-state index contributed by atoms with van der Waals surface area (Å²) >= 11 is 0. The monoisotopic (exact) mass is 623 g/mol. The zero-order chi connectivity index (χ0) is 32.6. The van der Waals surface area contributed by atoms with Gasteiger partial charge in [-0.1, -0.05) is 170 Å². The molecule has 1 heteroatoms. The second kappa shape index (κ2) is 12.3. The Bertz CT molecular complexity index is 2590. The highest BCUT2D eigenvalue weighted by Crippen LogP contribution is 2.43. The molecule has 49 heavy (non-hydrogen) atoms. The number of hydrogen-bond acceptors (Lipinski definition) is 1. The van der Waals surface area contributed by atoms with Gasteiger partial charge >= 0.3 is 0 Å². The summed E-state index contributed by atoms with van der Waals surface area (Å²) in [5.41, 5.74) is 10.7. The van der Waals surface area contributed by atoms with E-state index in [-0.39, 0.29) is 0 Å². The molecule has 0 aliphatic rings. The highest BCUT2D eigenvalue weighted by Gasteiger charge is 2.18. The lowest BCUT2D eigenvalue weighted by Gasteiger charge is -2.28. The Balaban J connectivity index is 1.23. The second-order valence-electron chi connectivity index (χ2n) is 12.5. The molecular formula is C48H33N. The second-order valence-corrected chi connectivity index (χ2v) is 12.5. The molecule has 0 bridgehead atoms. The summed E-state index contributed by atoms with van der Waals surface area (Å²) in [5, 5.41) is 7.44. The van der Waals surface area contributed by atoms with Crippen LogP contribution in [-0.2, 0) is 0 Å². The van der Waals surface area contributed by atoms with Crippen LogP contribution in [-0.4, -0.2) is 0 Å². The maximum atomic E-state index is 2.40. The highest BCUT2D eigenvalue weighted by atomic mass is 15.1. The molecule has 0 atom stereocenters. The predicted molar refractivity (Wildman–Crippen MR) is 210 cm³/mol. The van der Waals surface area contributed by atoms with Crippen molar-refractivity contribution in [2.75, 3.05) is 4.90 Å². The molecule has 0 saturated heterocycles. The number of rotatable bonds is 6. The zero-order valence-corrected chi connectivity index (χ0v) is 27.0. The average molecular weight is 624 g/mol. The van der Waals surface area contributed by atoms with Crippen molar-refractivity contribution >= 4 is 49.4 Å². The Morgan fingerprint density at radius 3 is 1.63 bits per heavy atom. The minimum Gasteiger partial charge on any atom is -0.310 e. The van der Waals surface area contributed by atoms with Crippen molar-refractivity contribution in [2.45, 2.75) is 0 Å². The van der Waals surface area contributed by atoms with E-state index in [0.29, 0.717) is 0 Å². The summed E-state index contributed by atoms with van der Waals surface area (Å²) in [6.45, 7) is 0. The van der Waals surface area contributed by atoms with E-state index < -0.39 is 0 Å². The topological polar surface area (TPSA) is 3.24 Å². The first kappa shape index (κ1) is 28.8. The number of benzene rings is 9. The SMILES string of the molecule is c1ccc(-c2c(-c3cccc(N(c4ccc(-c5cccc6ccccc56)cc4)c4cccc5ccccc45)c3)ccc3ccccc23)cc1. The molecule has 0 spiro atoms. The summed E-state index contributed by atoms with van der Waals surface area (Å²) in [5.74, 6) is 0. The fourth-order valence-corrected chi connectivity index (χ4v) is 7.34. The molecule has 0 saturated carbocycles. The van der Waals surface area contributed by atoms with Crippen LogP contribution in [0.15, 0.2) is 200 Å². The molecule has 0 N–H and O–H groups in total. The quantitative estimate of drug-likeness (QED) is 0.178. The third-order valence-corrected chi connectivity index (χ3v) is 9.64. The van der Waals surface area contributed by atoms with Crippen LogP contribution >= 0.6 is 0 Å². The van der Waals surface area contributed by atoms with Gasteiger partial charge < -0.3 is 4.90 Å². The van der Waals surface area contributed by atoms with E-state index in [0.717, 1.165) is 17.1 Å². The lowest BCUT2D eigenvalue weighted by Crippen LogP contribution is -2.10. The molecule has 0 fully saturated rings. The van der Waals surface area contributed by atoms with E-state index in [4.69, 9.17) is 0 Å². The Morgan fingerprint density at radius 2 is 0.857 bits per heavy atom. The fraction of sp³-hybridized carbons (Fsp3) is 0. The van der Waals surface area contributed by atoms with Crippen molar-refractivity contribution in [1.82, 2.24) is 0 Å². The van der Waals surface area contributed by atoms with Gasteiger partial charge in [-0.15, -0.1) is 0 Å². The fourth-order valence-electron chi connectivity index (χ4n) is 7.34. The molecule has 9 rings (SSSR count). The molecule has 0 amide bonds. The number of hydrogen-bond donors (Lipinski definition) is 0. The standard InChI is InChI=1S/C48H33N/c1-2-16-38(17-3-1)48-45-24-9-6-15-36(45)29-32-46(48)39-20-10-21-41(33-39)49(47-26-12-19-35-14-5-8-23-44(35)47)40-30-27-37(28-31-40)43-25-11-18-34-13-4-7-22-42(34)43/h1-33H. The van der Waals surface area contributed by atoms with Gasteiger partial charge in [0.25, 0.3) is 0 Å². The summed E-state index contributed by atoms with van der Waals surface area (Å²) < 4.78 is 0. The maximum absolute atomic E-state index is 2.40. The van der Waals surface area contributed by atoms with Crippen LogP contribution in [0.1, 0.15) is 0 Å². The predicted octanol–water partition coefficient (Wildman–Crippen LogP) is 13.6. The van der Waals surface area contributed by atoms with Crippen molar-refractivity contribution in [3.63, 3.8) is 0 Å². The van der Waals surface area contributed by atoms with Crippen molar-refractivity contribution < 1.29 is 0 Å². The first-order valence-electron chi connectivity index (χ1n) is 16.9. The minimum atomic E-state index is 1.11. The summed E-state index contributed by atoms with van der Waals surface area (Å²) in [6, 6.07) is 72.5. The van der Waals surface area contributed by atoms with Gasteiger partial charge in [0, 0.05) is 16.8 Å². The van der Waals surface area contributed by atoms with Gasteiger partial charge in [-0.2, -0.15) is 0 Å². The van der Waals surface area contributed by atoms with E-state index in [9.17, 15) is 0 Å². The van der Waals surface area contributed by atoms with Gasteiger partial charge in [0.15, 0.2) is 0 Å². The summed E-state index contributed by atoms with van der Waals surface area (Å²) in [7, 11) is 0. The third kappa shape index (κ3) is 5.23. The van der Waals surface area contributed by atoms with Gasteiger partial charge in [-0.3, -0.25) is 0 Å². The lowest BCUT2D eigenvalue weighted by molar-refractivity contribution is 1.30. The van der Waals surface area contributed by atoms with Gasteiger partial charge in [0.2, 0.25) is 0 Å². The molecule has 0 heterocycles. The lowest BCUT2D eigenvalue weighted by atomic mass is 9.89. The van der Waals surface area contributed by atoms with E-state index in [2.05, 4.69) is 205 Å². The van der Waals surface area contributed by atoms with Crippen LogP contribution in [0.4, 0.5) is 17.1 Å². The van der Waals surface area contributed by atoms with E-state index in [1.807, 2.05) is 0 Å². The molecule has 0 aromatic heterocycles. The molecule has 1 nitrogen and oxygen atoms in total. The summed E-state index contributed by atoms with van der Waals surface area (Å²) in [4.78, 5) is 2.40. The smallest absolute Gasteiger partial charge is 0.0540 e. The Labute approximate surface area is 287 Å². The van der Waals surface area contributed by atoms with Crippen LogP contribution in [0.3, 0.4) is 0 Å². The molecule has 0 aliphatic heterocycles. The van der Waals surface area contributed by atoms with Crippen LogP contribution in [0.5, 0.6) is 0 Å². The normalized spacial score (nSPS) is 11.3. The van der Waals surface area contributed by atoms with Crippen LogP contribution in [0.25, 0.3) is 65.7 Å². The van der Waals surface area contributed by atoms with Crippen LogP contribution < -0.4 is 4.90 Å². The highest BCUT2D eigenvalue weighted by molar-refractivity contribution is 6.05. The van der Waals surface area contributed by atoms with E-state index in [1.54, 1.807) is 0 Å². The molecule has 0 unspecified atom stereocenters. The molecule has 230 valence electrons. The van der Waals surface area contributed by atoms with Crippen LogP contribution in [0.2, 0.25) is 0 Å². The number of anilines is 3. The molecule has 0 aliphatic carbocycles. The van der Waals surface area contributed by atoms with Gasteiger partial charge in [0.05, 0.1) is 5.69 Å². The largest absolute Gasteiger partial charge is 0.310 e. The number of nitrogens with zero attached hydrogens (tertiary/aromatic N) is 1. The van der Waals surface area contributed by atoms with Crippen molar-refractivity contribution in [2.24, 2.45) is 0 Å². The molecule has 9 aromatic carbocycles. The van der Waals surface area contributed by atoms with Crippen molar-refractivity contribution in [1.29, 1.82) is 0 Å². The van der Waals surface area contributed by atoms with Gasteiger partial charge in [0.1, 0.15) is 0 Å². The third-order valence-electron chi connectivity index (χ3n) is 9.64. The molecule has 9 aromatic rings. The van der Waals surface area contributed by atoms with Gasteiger partial charge in [-0.25, -0.2) is 0 Å². The van der Waals surface area contributed by atoms with Gasteiger partial charge in [-0.05, 0) is 90.6 Å². The molecule has 0 radical (unpaired) electrons. The zero-order valence-electron chi connectivity index (χ0n) is 27.0. The number of fused-ring (bicyclic) bond motifs is 3. The Kier molecular flexibility index (Phi) is 7.22. The van der Waals surface area contributed by atoms with E-state index in [1.165, 1.54) is 65.7 Å². The van der Waals surface area contributed by atoms with Crippen LogP contribution in [0, 0.1) is 0 Å². The Hall–Kier alpha value is -6.44. The molecular weight excluding hydrogens is 591 g/mol. The van der Waals surface area contributed by atoms with E-state index >= 15 is 0 Å². The first-order chi connectivity index (χ1) is 24.3. The Morgan fingerprint density at radius 1 is 0.286 bits per heavy atom. The van der Waals surface area contributed by atoms with Crippen molar-refractivity contribution in [3.8, 4) is 33.4 Å². The maximum Gasteiger partial charge on any atom is 0.0540 e.